The first-order chi connectivity index (χ1) is 8.40. The van der Waals surface area contributed by atoms with Crippen LogP contribution in [0.2, 0.25) is 0 Å². The van der Waals surface area contributed by atoms with Gasteiger partial charge in [0.05, 0.1) is 11.5 Å². The van der Waals surface area contributed by atoms with Crippen molar-refractivity contribution in [2.45, 2.75) is 32.5 Å². The number of piperidine rings is 1. The van der Waals surface area contributed by atoms with Crippen molar-refractivity contribution in [3.63, 3.8) is 0 Å². The average molecular weight is 262 g/mol. The molecule has 2 rings (SSSR count). The predicted molar refractivity (Wildman–Crippen MR) is 57.8 cm³/mol. The van der Waals surface area contributed by atoms with Gasteiger partial charge in [-0.3, -0.25) is 9.59 Å². The van der Waals surface area contributed by atoms with Crippen LogP contribution in [0, 0.1) is 5.41 Å². The standard InChI is InChI=1S/C11H16F2N2O3/c1-11(3-2-8(16)14-6-11)9(17)15-4-7(5-15)18-10(12)13/h7,10H,2-6H2,1H3,(H,14,16). The molecule has 7 heteroatoms. The van der Waals surface area contributed by atoms with Crippen molar-refractivity contribution in [1.82, 2.24) is 10.2 Å². The van der Waals surface area contributed by atoms with Crippen molar-refractivity contribution < 1.29 is 23.1 Å². The molecule has 0 aromatic heterocycles. The topological polar surface area (TPSA) is 58.6 Å². The second-order valence-corrected chi connectivity index (χ2v) is 5.07. The Morgan fingerprint density at radius 2 is 2.22 bits per heavy atom. The summed E-state index contributed by atoms with van der Waals surface area (Å²) < 4.78 is 28.2. The molecule has 0 radical (unpaired) electrons. The Morgan fingerprint density at radius 1 is 1.56 bits per heavy atom. The number of nitrogens with zero attached hydrogens (tertiary/aromatic N) is 1. The van der Waals surface area contributed by atoms with E-state index in [2.05, 4.69) is 10.1 Å². The number of amides is 2. The van der Waals surface area contributed by atoms with E-state index in [1.165, 1.54) is 4.90 Å². The third-order valence-electron chi connectivity index (χ3n) is 3.53. The summed E-state index contributed by atoms with van der Waals surface area (Å²) in [6.45, 7) is -0.298. The summed E-state index contributed by atoms with van der Waals surface area (Å²) in [5, 5.41) is 2.66. The van der Waals surface area contributed by atoms with Crippen LogP contribution in [0.4, 0.5) is 8.78 Å². The van der Waals surface area contributed by atoms with Crippen LogP contribution in [0.3, 0.4) is 0 Å². The monoisotopic (exact) mass is 262 g/mol. The average Bonchev–Trinajstić information content (AvgIpc) is 2.26. The lowest BCUT2D eigenvalue weighted by molar-refractivity contribution is -0.202. The molecule has 2 fully saturated rings. The summed E-state index contributed by atoms with van der Waals surface area (Å²) in [4.78, 5) is 24.7. The summed E-state index contributed by atoms with van der Waals surface area (Å²) in [5.41, 5.74) is -0.621. The third kappa shape index (κ3) is 2.60. The highest BCUT2D eigenvalue weighted by atomic mass is 19.3. The number of likely N-dealkylation sites (tertiary alicyclic amines) is 1. The highest BCUT2D eigenvalue weighted by molar-refractivity contribution is 5.87. The lowest BCUT2D eigenvalue weighted by Crippen LogP contribution is -2.61. The second-order valence-electron chi connectivity index (χ2n) is 5.07. The predicted octanol–water partition coefficient (Wildman–Crippen LogP) is 0.353. The molecule has 2 aliphatic rings. The summed E-state index contributed by atoms with van der Waals surface area (Å²) in [6, 6.07) is 0. The maximum Gasteiger partial charge on any atom is 0.345 e. The van der Waals surface area contributed by atoms with E-state index in [0.717, 1.165) is 0 Å². The van der Waals surface area contributed by atoms with Crippen molar-refractivity contribution in [3.05, 3.63) is 0 Å². The molecular formula is C11H16F2N2O3. The van der Waals surface area contributed by atoms with Crippen molar-refractivity contribution in [1.29, 1.82) is 0 Å². The smallest absolute Gasteiger partial charge is 0.345 e. The van der Waals surface area contributed by atoms with Gasteiger partial charge in [-0.25, -0.2) is 0 Å². The summed E-state index contributed by atoms with van der Waals surface area (Å²) in [6.07, 6.45) is 0.248. The van der Waals surface area contributed by atoms with Gasteiger partial charge in [0.2, 0.25) is 11.8 Å². The van der Waals surface area contributed by atoms with Gasteiger partial charge in [0.1, 0.15) is 0 Å². The first-order valence-corrected chi connectivity index (χ1v) is 5.90. The molecule has 0 spiro atoms. The molecule has 2 amide bonds. The molecule has 1 unspecified atom stereocenters. The van der Waals surface area contributed by atoms with E-state index in [9.17, 15) is 18.4 Å². The number of nitrogens with one attached hydrogen (secondary N) is 1. The Balaban J connectivity index is 1.84. The highest BCUT2D eigenvalue weighted by Crippen LogP contribution is 2.30. The zero-order valence-corrected chi connectivity index (χ0v) is 10.1. The van der Waals surface area contributed by atoms with Gasteiger partial charge in [0, 0.05) is 26.1 Å². The van der Waals surface area contributed by atoms with Crippen molar-refractivity contribution in [2.75, 3.05) is 19.6 Å². The number of carbonyl (C=O) groups is 2. The first-order valence-electron chi connectivity index (χ1n) is 5.90. The minimum absolute atomic E-state index is 0.0530. The van der Waals surface area contributed by atoms with Gasteiger partial charge in [0.15, 0.2) is 0 Å². The molecule has 2 aliphatic heterocycles. The molecule has 1 atom stereocenters. The van der Waals surface area contributed by atoms with Gasteiger partial charge in [-0.05, 0) is 13.3 Å². The van der Waals surface area contributed by atoms with Gasteiger partial charge in [-0.1, -0.05) is 0 Å². The van der Waals surface area contributed by atoms with E-state index in [0.29, 0.717) is 19.4 Å². The number of ether oxygens (including phenoxy) is 1. The van der Waals surface area contributed by atoms with Crippen molar-refractivity contribution in [3.8, 4) is 0 Å². The molecular weight excluding hydrogens is 246 g/mol. The normalized spacial score (nSPS) is 29.1. The lowest BCUT2D eigenvalue weighted by Gasteiger charge is -2.44. The molecule has 2 saturated heterocycles. The molecule has 18 heavy (non-hydrogen) atoms. The molecule has 0 aromatic carbocycles. The Kier molecular flexibility index (Phi) is 3.52. The van der Waals surface area contributed by atoms with Crippen LogP contribution < -0.4 is 5.32 Å². The molecule has 1 N–H and O–H groups in total. The third-order valence-corrected chi connectivity index (χ3v) is 3.53. The molecule has 102 valence electrons. The van der Waals surface area contributed by atoms with Crippen LogP contribution >= 0.6 is 0 Å². The highest BCUT2D eigenvalue weighted by Gasteiger charge is 2.44. The number of hydrogen-bond acceptors (Lipinski definition) is 3. The Hall–Kier alpha value is -1.24. The Morgan fingerprint density at radius 3 is 2.72 bits per heavy atom. The number of halogens is 2. The number of rotatable bonds is 3. The fraction of sp³-hybridized carbons (Fsp3) is 0.818. The van der Waals surface area contributed by atoms with Crippen LogP contribution in [-0.4, -0.2) is 49.1 Å². The fourth-order valence-corrected chi connectivity index (χ4v) is 2.26. The molecule has 0 aliphatic carbocycles. The van der Waals surface area contributed by atoms with Crippen molar-refractivity contribution >= 4 is 11.8 Å². The number of hydrogen-bond donors (Lipinski definition) is 1. The van der Waals surface area contributed by atoms with E-state index in [1.54, 1.807) is 6.92 Å². The van der Waals surface area contributed by atoms with Crippen LogP contribution in [-0.2, 0) is 14.3 Å². The zero-order chi connectivity index (χ0) is 13.3. The Bertz CT molecular complexity index is 346. The minimum atomic E-state index is -2.79. The van der Waals surface area contributed by atoms with E-state index in [-0.39, 0.29) is 24.9 Å². The largest absolute Gasteiger partial charge is 0.355 e. The number of carbonyl (C=O) groups excluding carboxylic acids is 2. The van der Waals surface area contributed by atoms with Crippen molar-refractivity contribution in [2.24, 2.45) is 5.41 Å². The van der Waals surface area contributed by atoms with E-state index >= 15 is 0 Å². The minimum Gasteiger partial charge on any atom is -0.355 e. The van der Waals surface area contributed by atoms with Gasteiger partial charge in [0.25, 0.3) is 0 Å². The second kappa shape index (κ2) is 4.79. The van der Waals surface area contributed by atoms with Crippen LogP contribution in [0.5, 0.6) is 0 Å². The quantitative estimate of drug-likeness (QED) is 0.798. The van der Waals surface area contributed by atoms with Gasteiger partial charge >= 0.3 is 6.61 Å². The lowest BCUT2D eigenvalue weighted by atomic mass is 9.80. The van der Waals surface area contributed by atoms with Gasteiger partial charge in [-0.15, -0.1) is 0 Å². The van der Waals surface area contributed by atoms with Crippen LogP contribution in [0.1, 0.15) is 19.8 Å². The van der Waals surface area contributed by atoms with Crippen LogP contribution in [0.25, 0.3) is 0 Å². The zero-order valence-electron chi connectivity index (χ0n) is 10.1. The molecule has 0 saturated carbocycles. The number of alkyl halides is 2. The first kappa shape index (κ1) is 13.2. The summed E-state index contributed by atoms with van der Waals surface area (Å²) in [5.74, 6) is -0.153. The molecule has 0 aromatic rings. The van der Waals surface area contributed by atoms with E-state index in [4.69, 9.17) is 0 Å². The summed E-state index contributed by atoms with van der Waals surface area (Å²) in [7, 11) is 0. The molecule has 0 bridgehead atoms. The van der Waals surface area contributed by atoms with E-state index in [1.807, 2.05) is 0 Å². The SMILES string of the molecule is CC1(C(=O)N2CC(OC(F)F)C2)CCC(=O)NC1. The maximum atomic E-state index is 12.2. The maximum absolute atomic E-state index is 12.2. The summed E-state index contributed by atoms with van der Waals surface area (Å²) >= 11 is 0. The van der Waals surface area contributed by atoms with Gasteiger partial charge < -0.3 is 15.0 Å². The van der Waals surface area contributed by atoms with Gasteiger partial charge in [-0.2, -0.15) is 8.78 Å². The molecule has 2 heterocycles. The fourth-order valence-electron chi connectivity index (χ4n) is 2.26. The van der Waals surface area contributed by atoms with E-state index < -0.39 is 18.1 Å². The van der Waals surface area contributed by atoms with Crippen LogP contribution in [0.15, 0.2) is 0 Å². The Labute approximate surface area is 103 Å². The molecule has 5 nitrogen and oxygen atoms in total.